The number of para-hydroxylation sites is 3. The first-order valence-corrected chi connectivity index (χ1v) is 12.2. The number of carbonyl (C=O) groups excluding carboxylic acids is 2. The van der Waals surface area contributed by atoms with E-state index in [1.165, 1.54) is 0 Å². The van der Waals surface area contributed by atoms with Gasteiger partial charge < -0.3 is 19.8 Å². The van der Waals surface area contributed by atoms with Gasteiger partial charge in [-0.2, -0.15) is 0 Å². The number of nitrogens with zero attached hydrogens (tertiary/aromatic N) is 1. The van der Waals surface area contributed by atoms with Crippen LogP contribution in [-0.2, 0) is 11.4 Å². The van der Waals surface area contributed by atoms with E-state index in [4.69, 9.17) is 9.15 Å². The highest BCUT2D eigenvalue weighted by Crippen LogP contribution is 2.28. The maximum absolute atomic E-state index is 13.2. The van der Waals surface area contributed by atoms with E-state index >= 15 is 0 Å². The number of nitrogens with one attached hydrogen (secondary N) is 2. The summed E-state index contributed by atoms with van der Waals surface area (Å²) in [7, 11) is 0. The number of likely N-dealkylation sites (tertiary alicyclic amines) is 1. The third-order valence-corrected chi connectivity index (χ3v) is 6.38. The van der Waals surface area contributed by atoms with Crippen LogP contribution in [0.5, 0.6) is 5.75 Å². The first kappa shape index (κ1) is 23.6. The minimum Gasteiger partial charge on any atom is -0.489 e. The van der Waals surface area contributed by atoms with Crippen molar-refractivity contribution in [3.05, 3.63) is 96.3 Å². The zero-order chi connectivity index (χ0) is 24.7. The molecule has 2 amide bonds. The largest absolute Gasteiger partial charge is 0.489 e. The van der Waals surface area contributed by atoms with Crippen molar-refractivity contribution in [2.75, 3.05) is 25.0 Å². The number of piperidine rings is 1. The Morgan fingerprint density at radius 3 is 2.31 bits per heavy atom. The van der Waals surface area contributed by atoms with Gasteiger partial charge in [0.2, 0.25) is 5.91 Å². The van der Waals surface area contributed by atoms with Crippen molar-refractivity contribution >= 4 is 28.5 Å². The topological polar surface area (TPSA) is 83.8 Å². The van der Waals surface area contributed by atoms with E-state index in [0.29, 0.717) is 12.1 Å². The van der Waals surface area contributed by atoms with Crippen molar-refractivity contribution in [2.24, 2.45) is 0 Å². The molecule has 0 saturated carbocycles. The van der Waals surface area contributed by atoms with Crippen molar-refractivity contribution in [3.63, 3.8) is 0 Å². The molecular weight excluding hydrogens is 454 g/mol. The molecule has 0 radical (unpaired) electrons. The van der Waals surface area contributed by atoms with Crippen LogP contribution in [0.2, 0.25) is 0 Å². The number of furan rings is 1. The molecule has 184 valence electrons. The van der Waals surface area contributed by atoms with E-state index in [2.05, 4.69) is 15.5 Å². The number of carbonyl (C=O) groups is 2. The average molecular weight is 484 g/mol. The molecule has 7 heteroatoms. The standard InChI is InChI=1S/C29H29N3O4/c33-27(30-21-9-3-1-4-10-21)19-32-17-15-22(16-18-32)31-29(34)28-25(20-35-23-11-5-2-6-12-23)24-13-7-8-14-26(24)36-28/h1-14,22H,15-20H2,(H,30,33)(H,31,34). The van der Waals surface area contributed by atoms with Crippen LogP contribution in [-0.4, -0.2) is 42.4 Å². The summed E-state index contributed by atoms with van der Waals surface area (Å²) in [5, 5.41) is 6.93. The van der Waals surface area contributed by atoms with Crippen LogP contribution >= 0.6 is 0 Å². The van der Waals surface area contributed by atoms with Gasteiger partial charge in [0.15, 0.2) is 5.76 Å². The Morgan fingerprint density at radius 1 is 0.889 bits per heavy atom. The van der Waals surface area contributed by atoms with Crippen LogP contribution in [0.15, 0.2) is 89.3 Å². The predicted molar refractivity (Wildman–Crippen MR) is 139 cm³/mol. The summed E-state index contributed by atoms with van der Waals surface area (Å²) >= 11 is 0. The smallest absolute Gasteiger partial charge is 0.287 e. The minimum atomic E-state index is -0.238. The fourth-order valence-electron chi connectivity index (χ4n) is 4.51. The summed E-state index contributed by atoms with van der Waals surface area (Å²) < 4.78 is 11.9. The number of fused-ring (bicyclic) bond motifs is 1. The summed E-state index contributed by atoms with van der Waals surface area (Å²) in [6.45, 7) is 2.04. The Morgan fingerprint density at radius 2 is 1.56 bits per heavy atom. The number of hydrogen-bond acceptors (Lipinski definition) is 5. The first-order valence-electron chi connectivity index (χ1n) is 12.2. The summed E-state index contributed by atoms with van der Waals surface area (Å²) in [6, 6.07) is 26.6. The number of ether oxygens (including phenoxy) is 1. The third-order valence-electron chi connectivity index (χ3n) is 6.38. The molecule has 1 aliphatic rings. The molecule has 0 atom stereocenters. The molecule has 2 heterocycles. The molecule has 7 nitrogen and oxygen atoms in total. The molecule has 1 aromatic heterocycles. The first-order chi connectivity index (χ1) is 17.7. The van der Waals surface area contributed by atoms with E-state index in [-0.39, 0.29) is 30.2 Å². The van der Waals surface area contributed by atoms with Gasteiger partial charge in [0, 0.05) is 35.8 Å². The lowest BCUT2D eigenvalue weighted by molar-refractivity contribution is -0.117. The highest BCUT2D eigenvalue weighted by atomic mass is 16.5. The monoisotopic (exact) mass is 483 g/mol. The highest BCUT2D eigenvalue weighted by Gasteiger charge is 2.26. The molecule has 0 bridgehead atoms. The quantitative estimate of drug-likeness (QED) is 0.375. The molecule has 1 aliphatic heterocycles. The van der Waals surface area contributed by atoms with Gasteiger partial charge in [0.1, 0.15) is 17.9 Å². The molecular formula is C29H29N3O4. The lowest BCUT2D eigenvalue weighted by Gasteiger charge is -2.31. The fraction of sp³-hybridized carbons (Fsp3) is 0.241. The highest BCUT2D eigenvalue weighted by molar-refractivity contribution is 5.99. The summed E-state index contributed by atoms with van der Waals surface area (Å²) in [6.07, 6.45) is 1.53. The molecule has 5 rings (SSSR count). The van der Waals surface area contributed by atoms with Gasteiger partial charge in [-0.15, -0.1) is 0 Å². The van der Waals surface area contributed by atoms with Crippen LogP contribution in [0.1, 0.15) is 29.0 Å². The normalized spacial score (nSPS) is 14.4. The molecule has 3 aromatic carbocycles. The lowest BCUT2D eigenvalue weighted by atomic mass is 10.0. The number of hydrogen-bond donors (Lipinski definition) is 2. The Kier molecular flexibility index (Phi) is 7.28. The third kappa shape index (κ3) is 5.75. The van der Waals surface area contributed by atoms with Crippen molar-refractivity contribution < 1.29 is 18.7 Å². The van der Waals surface area contributed by atoms with Crippen LogP contribution < -0.4 is 15.4 Å². The molecule has 0 spiro atoms. The molecule has 2 N–H and O–H groups in total. The number of benzene rings is 3. The average Bonchev–Trinajstić information content (AvgIpc) is 3.28. The van der Waals surface area contributed by atoms with E-state index in [1.807, 2.05) is 84.9 Å². The predicted octanol–water partition coefficient (Wildman–Crippen LogP) is 4.84. The second-order valence-electron chi connectivity index (χ2n) is 8.95. The second kappa shape index (κ2) is 11.1. The van der Waals surface area contributed by atoms with Gasteiger partial charge in [-0.1, -0.05) is 54.6 Å². The summed E-state index contributed by atoms with van der Waals surface area (Å²) in [5.41, 5.74) is 2.19. The molecule has 1 fully saturated rings. The van der Waals surface area contributed by atoms with E-state index in [9.17, 15) is 9.59 Å². The van der Waals surface area contributed by atoms with Gasteiger partial charge in [0.25, 0.3) is 5.91 Å². The molecule has 1 saturated heterocycles. The van der Waals surface area contributed by atoms with Gasteiger partial charge in [-0.3, -0.25) is 14.5 Å². The Hall–Kier alpha value is -4.10. The molecule has 36 heavy (non-hydrogen) atoms. The fourth-order valence-corrected chi connectivity index (χ4v) is 4.51. The second-order valence-corrected chi connectivity index (χ2v) is 8.95. The Bertz CT molecular complexity index is 1310. The Labute approximate surface area is 210 Å². The molecule has 4 aromatic rings. The lowest BCUT2D eigenvalue weighted by Crippen LogP contribution is -2.46. The number of rotatable bonds is 8. The molecule has 0 unspecified atom stereocenters. The van der Waals surface area contributed by atoms with Gasteiger partial charge in [-0.25, -0.2) is 0 Å². The van der Waals surface area contributed by atoms with Crippen LogP contribution in [0, 0.1) is 0 Å². The Balaban J connectivity index is 1.18. The SMILES string of the molecule is O=C(CN1CCC(NC(=O)c2oc3ccccc3c2COc2ccccc2)CC1)Nc1ccccc1. The summed E-state index contributed by atoms with van der Waals surface area (Å²) in [5.74, 6) is 0.752. The van der Waals surface area contributed by atoms with Crippen molar-refractivity contribution in [1.29, 1.82) is 0 Å². The van der Waals surface area contributed by atoms with Gasteiger partial charge in [0.05, 0.1) is 6.54 Å². The molecule has 0 aliphatic carbocycles. The van der Waals surface area contributed by atoms with E-state index in [0.717, 1.165) is 48.3 Å². The van der Waals surface area contributed by atoms with Crippen molar-refractivity contribution in [1.82, 2.24) is 10.2 Å². The minimum absolute atomic E-state index is 0.0158. The van der Waals surface area contributed by atoms with Crippen LogP contribution in [0.4, 0.5) is 5.69 Å². The van der Waals surface area contributed by atoms with Crippen LogP contribution in [0.3, 0.4) is 0 Å². The van der Waals surface area contributed by atoms with E-state index in [1.54, 1.807) is 0 Å². The maximum atomic E-state index is 13.2. The number of anilines is 1. The maximum Gasteiger partial charge on any atom is 0.287 e. The summed E-state index contributed by atoms with van der Waals surface area (Å²) in [4.78, 5) is 27.7. The number of amides is 2. The van der Waals surface area contributed by atoms with Crippen molar-refractivity contribution in [3.8, 4) is 5.75 Å². The van der Waals surface area contributed by atoms with Crippen LogP contribution in [0.25, 0.3) is 11.0 Å². The van der Waals surface area contributed by atoms with Gasteiger partial charge >= 0.3 is 0 Å². The van der Waals surface area contributed by atoms with Crippen molar-refractivity contribution in [2.45, 2.75) is 25.5 Å². The zero-order valence-electron chi connectivity index (χ0n) is 20.0. The zero-order valence-corrected chi connectivity index (χ0v) is 20.0. The van der Waals surface area contributed by atoms with Gasteiger partial charge in [-0.05, 0) is 43.2 Å². The van der Waals surface area contributed by atoms with E-state index < -0.39 is 0 Å².